The predicted molar refractivity (Wildman–Crippen MR) is 290 cm³/mol. The molecule has 0 bridgehead atoms. The van der Waals surface area contributed by atoms with Gasteiger partial charge in [-0.15, -0.1) is 0 Å². The Balaban J connectivity index is 0.936. The third-order valence-electron chi connectivity index (χ3n) is 13.6. The van der Waals surface area contributed by atoms with Crippen molar-refractivity contribution in [2.24, 2.45) is 0 Å². The van der Waals surface area contributed by atoms with Crippen LogP contribution in [0.3, 0.4) is 0 Å². The molecule has 13 aromatic rings. The number of anilines is 3. The summed E-state index contributed by atoms with van der Waals surface area (Å²) in [5.74, 6) is 0. The molecular weight excluding hydrogens is 837 g/mol. The molecule has 0 fully saturated rings. The van der Waals surface area contributed by atoms with Gasteiger partial charge in [0.05, 0.1) is 16.7 Å². The van der Waals surface area contributed by atoms with Crippen LogP contribution in [-0.4, -0.2) is 4.57 Å². The molecule has 0 spiro atoms. The van der Waals surface area contributed by atoms with Crippen LogP contribution >= 0.6 is 0 Å². The van der Waals surface area contributed by atoms with Crippen molar-refractivity contribution in [2.75, 3.05) is 4.90 Å². The normalized spacial score (nSPS) is 11.5. The van der Waals surface area contributed by atoms with Crippen LogP contribution in [0.5, 0.6) is 0 Å². The van der Waals surface area contributed by atoms with Gasteiger partial charge in [-0.3, -0.25) is 0 Å². The minimum atomic E-state index is 0.897. The molecule has 0 radical (unpaired) electrons. The molecule has 0 N–H and O–H groups in total. The van der Waals surface area contributed by atoms with Gasteiger partial charge >= 0.3 is 0 Å². The lowest BCUT2D eigenvalue weighted by Gasteiger charge is -2.27. The summed E-state index contributed by atoms with van der Waals surface area (Å²) in [6.45, 7) is 0. The number of nitrogens with zero attached hydrogens (tertiary/aromatic N) is 2. The average Bonchev–Trinajstić information content (AvgIpc) is 3.98. The van der Waals surface area contributed by atoms with Gasteiger partial charge in [0.2, 0.25) is 0 Å². The number of hydrogen-bond acceptors (Lipinski definition) is 2. The molecule has 2 aromatic heterocycles. The largest absolute Gasteiger partial charge is 0.455 e. The second-order valence-corrected chi connectivity index (χ2v) is 17.6. The van der Waals surface area contributed by atoms with Gasteiger partial charge in [-0.25, -0.2) is 0 Å². The van der Waals surface area contributed by atoms with E-state index in [9.17, 15) is 0 Å². The van der Waals surface area contributed by atoms with Crippen LogP contribution in [0.25, 0.3) is 105 Å². The van der Waals surface area contributed by atoms with E-state index in [1.54, 1.807) is 0 Å². The van der Waals surface area contributed by atoms with Crippen LogP contribution in [0, 0.1) is 0 Å². The van der Waals surface area contributed by atoms with Crippen LogP contribution in [0.2, 0.25) is 0 Å². The molecule has 69 heavy (non-hydrogen) atoms. The minimum Gasteiger partial charge on any atom is -0.455 e. The van der Waals surface area contributed by atoms with Gasteiger partial charge in [0.25, 0.3) is 0 Å². The Labute approximate surface area is 401 Å². The fraction of sp³-hybridized carbons (Fsp3) is 0. The summed E-state index contributed by atoms with van der Waals surface area (Å²) in [6, 6.07) is 96.1. The lowest BCUT2D eigenvalue weighted by atomic mass is 9.93. The van der Waals surface area contributed by atoms with Crippen molar-refractivity contribution < 1.29 is 4.42 Å². The highest BCUT2D eigenvalue weighted by Crippen LogP contribution is 2.44. The van der Waals surface area contributed by atoms with E-state index in [0.29, 0.717) is 0 Å². The maximum absolute atomic E-state index is 6.49. The molecule has 0 saturated carbocycles. The molecule has 0 aliphatic carbocycles. The molecule has 0 amide bonds. The maximum Gasteiger partial charge on any atom is 0.143 e. The van der Waals surface area contributed by atoms with Gasteiger partial charge in [0, 0.05) is 49.7 Å². The Hall–Kier alpha value is -9.18. The molecule has 13 rings (SSSR count). The van der Waals surface area contributed by atoms with Crippen LogP contribution in [0.15, 0.2) is 271 Å². The van der Waals surface area contributed by atoms with Gasteiger partial charge < -0.3 is 13.9 Å². The zero-order chi connectivity index (χ0) is 45.7. The van der Waals surface area contributed by atoms with Gasteiger partial charge in [-0.2, -0.15) is 0 Å². The van der Waals surface area contributed by atoms with Crippen LogP contribution in [0.4, 0.5) is 17.1 Å². The number of fused-ring (bicyclic) bond motifs is 6. The van der Waals surface area contributed by atoms with E-state index >= 15 is 0 Å². The van der Waals surface area contributed by atoms with Crippen molar-refractivity contribution in [3.8, 4) is 61.3 Å². The van der Waals surface area contributed by atoms with Crippen LogP contribution in [-0.2, 0) is 0 Å². The fourth-order valence-electron chi connectivity index (χ4n) is 10.4. The summed E-state index contributed by atoms with van der Waals surface area (Å²) < 4.78 is 8.92. The number of rotatable bonds is 9. The first-order valence-corrected chi connectivity index (χ1v) is 23.6. The summed E-state index contributed by atoms with van der Waals surface area (Å²) in [4.78, 5) is 2.38. The molecule has 3 nitrogen and oxygen atoms in total. The van der Waals surface area contributed by atoms with Crippen molar-refractivity contribution in [2.45, 2.75) is 0 Å². The summed E-state index contributed by atoms with van der Waals surface area (Å²) in [5.41, 5.74) is 20.0. The SMILES string of the molecule is c1ccc(-c2ccc(-c3cccc(N(c4ccc(-c5cccc6c5oc5ccccc56)cc4)c4cccc(-c5ccccc5-c5ccccc5-n5c6ccccc6c6ccccc65)c4)c3)cc2)cc1. The van der Waals surface area contributed by atoms with E-state index < -0.39 is 0 Å². The predicted octanol–water partition coefficient (Wildman–Crippen LogP) is 18.5. The summed E-state index contributed by atoms with van der Waals surface area (Å²) in [6.07, 6.45) is 0. The lowest BCUT2D eigenvalue weighted by molar-refractivity contribution is 0.670. The Morgan fingerprint density at radius 1 is 0.275 bits per heavy atom. The third-order valence-corrected chi connectivity index (χ3v) is 13.6. The summed E-state index contributed by atoms with van der Waals surface area (Å²) >= 11 is 0. The molecule has 0 aliphatic heterocycles. The van der Waals surface area contributed by atoms with E-state index in [0.717, 1.165) is 78.1 Å². The smallest absolute Gasteiger partial charge is 0.143 e. The van der Waals surface area contributed by atoms with E-state index in [1.807, 2.05) is 12.1 Å². The van der Waals surface area contributed by atoms with Crippen molar-refractivity contribution in [3.05, 3.63) is 267 Å². The number of aromatic nitrogens is 1. The Bertz CT molecular complexity index is 3960. The van der Waals surface area contributed by atoms with E-state index in [4.69, 9.17) is 4.42 Å². The number of hydrogen-bond donors (Lipinski definition) is 0. The molecule has 3 heteroatoms. The van der Waals surface area contributed by atoms with Crippen molar-refractivity contribution >= 4 is 60.8 Å². The number of para-hydroxylation sites is 5. The number of furan rings is 1. The Kier molecular flexibility index (Phi) is 9.84. The zero-order valence-electron chi connectivity index (χ0n) is 37.7. The fourth-order valence-corrected chi connectivity index (χ4v) is 10.4. The van der Waals surface area contributed by atoms with Crippen LogP contribution in [0.1, 0.15) is 0 Å². The molecule has 2 heterocycles. The first-order chi connectivity index (χ1) is 34.2. The number of benzene rings is 11. The summed E-state index contributed by atoms with van der Waals surface area (Å²) in [5, 5.41) is 4.74. The van der Waals surface area contributed by atoms with Crippen molar-refractivity contribution in [3.63, 3.8) is 0 Å². The second-order valence-electron chi connectivity index (χ2n) is 17.6. The van der Waals surface area contributed by atoms with E-state index in [2.05, 4.69) is 264 Å². The van der Waals surface area contributed by atoms with Gasteiger partial charge in [-0.1, -0.05) is 206 Å². The average molecular weight is 881 g/mol. The third kappa shape index (κ3) is 7.08. The Morgan fingerprint density at radius 2 is 0.754 bits per heavy atom. The summed E-state index contributed by atoms with van der Waals surface area (Å²) in [7, 11) is 0. The van der Waals surface area contributed by atoms with E-state index in [-0.39, 0.29) is 0 Å². The van der Waals surface area contributed by atoms with Crippen molar-refractivity contribution in [1.82, 2.24) is 4.57 Å². The highest BCUT2D eigenvalue weighted by Gasteiger charge is 2.20. The highest BCUT2D eigenvalue weighted by molar-refractivity contribution is 6.11. The first-order valence-electron chi connectivity index (χ1n) is 23.6. The standard InChI is InChI=1S/C66H44N2O/c1-2-17-45(18-3-1)46-35-37-47(38-36-46)49-19-14-21-52(43-49)67(51-41-39-48(40-42-51)55-29-16-30-61-60-28-9-13-34-65(60)69-66(55)61)53-22-15-20-50(44-53)54-23-4-5-24-56(54)57-25-6-10-31-62(57)68-63-32-11-7-26-58(63)59-27-8-12-33-64(59)68/h1-44H. The molecule has 0 atom stereocenters. The van der Waals surface area contributed by atoms with Crippen molar-refractivity contribution in [1.29, 1.82) is 0 Å². The Morgan fingerprint density at radius 3 is 1.48 bits per heavy atom. The van der Waals surface area contributed by atoms with Gasteiger partial charge in [0.15, 0.2) is 0 Å². The van der Waals surface area contributed by atoms with Crippen LogP contribution < -0.4 is 4.90 Å². The molecule has 0 saturated heterocycles. The molecule has 11 aromatic carbocycles. The lowest BCUT2D eigenvalue weighted by Crippen LogP contribution is -2.10. The minimum absolute atomic E-state index is 0.897. The first kappa shape index (κ1) is 40.1. The zero-order valence-corrected chi connectivity index (χ0v) is 37.7. The quantitative estimate of drug-likeness (QED) is 0.144. The maximum atomic E-state index is 6.49. The monoisotopic (exact) mass is 880 g/mol. The molecule has 324 valence electrons. The topological polar surface area (TPSA) is 21.3 Å². The highest BCUT2D eigenvalue weighted by atomic mass is 16.3. The molecule has 0 aliphatic rings. The molecular formula is C66H44N2O. The second kappa shape index (κ2) is 16.9. The van der Waals surface area contributed by atoms with E-state index in [1.165, 1.54) is 44.1 Å². The van der Waals surface area contributed by atoms with Gasteiger partial charge in [0.1, 0.15) is 11.2 Å². The van der Waals surface area contributed by atoms with Gasteiger partial charge in [-0.05, 0) is 105 Å². The molecule has 0 unspecified atom stereocenters.